The molecule has 2 saturated carbocycles. The average Bonchev–Trinajstić information content (AvgIpc) is 3.83. The number of imidazole rings is 2. The molecule has 0 N–H and O–H groups in total. The van der Waals surface area contributed by atoms with Crippen molar-refractivity contribution in [1.29, 1.82) is 0 Å². The first-order chi connectivity index (χ1) is 27.7. The Balaban J connectivity index is 0.000000316. The number of hydrogen-bond acceptors (Lipinski definition) is 10. The molecule has 2 heterocycles. The Labute approximate surface area is 354 Å². The van der Waals surface area contributed by atoms with E-state index in [1.165, 1.54) is 65.6 Å². The lowest BCUT2D eigenvalue weighted by Crippen LogP contribution is -2.32. The van der Waals surface area contributed by atoms with Crippen LogP contribution in [-0.4, -0.2) is 68.4 Å². The largest absolute Gasteiger partial charge is 0.469 e. The zero-order chi connectivity index (χ0) is 43.8. The molecule has 4 rings (SSSR count). The van der Waals surface area contributed by atoms with Crippen LogP contribution in [0.4, 0.5) is 0 Å². The Morgan fingerprint density at radius 1 is 0.661 bits per heavy atom. The number of methoxy groups -OCH3 is 2. The number of carbonyl (C=O) groups is 4. The lowest BCUT2D eigenvalue weighted by atomic mass is 9.80. The van der Waals surface area contributed by atoms with E-state index in [-0.39, 0.29) is 23.9 Å². The van der Waals surface area contributed by atoms with E-state index in [1.54, 1.807) is 6.08 Å². The topological polar surface area (TPSA) is 141 Å². The zero-order valence-electron chi connectivity index (χ0n) is 38.3. The van der Waals surface area contributed by atoms with Crippen LogP contribution in [-0.2, 0) is 44.5 Å². The van der Waals surface area contributed by atoms with E-state index in [4.69, 9.17) is 18.9 Å². The summed E-state index contributed by atoms with van der Waals surface area (Å²) in [5.41, 5.74) is 0.697. The number of nitrogens with zero attached hydrogens (tertiary/aromatic N) is 4. The van der Waals surface area contributed by atoms with Gasteiger partial charge < -0.3 is 28.1 Å². The molecule has 0 saturated heterocycles. The Morgan fingerprint density at radius 3 is 1.63 bits per heavy atom. The first-order valence-corrected chi connectivity index (χ1v) is 22.1. The van der Waals surface area contributed by atoms with E-state index in [1.807, 2.05) is 67.3 Å². The third-order valence-electron chi connectivity index (χ3n) is 11.4. The van der Waals surface area contributed by atoms with Gasteiger partial charge in [0.25, 0.3) is 0 Å². The van der Waals surface area contributed by atoms with Crippen molar-refractivity contribution in [3.8, 4) is 0 Å². The summed E-state index contributed by atoms with van der Waals surface area (Å²) >= 11 is 0. The van der Waals surface area contributed by atoms with Gasteiger partial charge in [0.1, 0.15) is 11.2 Å². The predicted octanol–water partition coefficient (Wildman–Crippen LogP) is 10.4. The zero-order valence-corrected chi connectivity index (χ0v) is 38.3. The fraction of sp³-hybridized carbons (Fsp3) is 0.745. The molecule has 0 aromatic carbocycles. The third-order valence-corrected chi connectivity index (χ3v) is 11.4. The number of unbranched alkanes of at least 4 members (excludes halogenated alkanes) is 2. The lowest BCUT2D eigenvalue weighted by molar-refractivity contribution is -0.156. The monoisotopic (exact) mass is 825 g/mol. The molecule has 0 spiro atoms. The SMILES string of the molecule is COC(=O)/C(=C/c1cn(C2CCC(C)CC2)cn1)CCCCC(=O)OC(C)(C)C.COC(=O)[C@@](C)(CCCCC(=O)OC(C)(C)C)Cc1cn(C2CCC(C)CC2)cn1. The highest BCUT2D eigenvalue weighted by atomic mass is 16.6. The van der Waals surface area contributed by atoms with Gasteiger partial charge in [-0.3, -0.25) is 14.4 Å². The van der Waals surface area contributed by atoms with Crippen molar-refractivity contribution < 1.29 is 38.1 Å². The smallest absolute Gasteiger partial charge is 0.333 e. The van der Waals surface area contributed by atoms with Gasteiger partial charge in [0.05, 0.1) is 43.7 Å². The fourth-order valence-electron chi connectivity index (χ4n) is 7.98. The number of ether oxygens (including phenoxy) is 4. The highest BCUT2D eigenvalue weighted by Gasteiger charge is 2.35. The maximum Gasteiger partial charge on any atom is 0.333 e. The molecule has 2 fully saturated rings. The molecule has 12 heteroatoms. The molecule has 2 aromatic heterocycles. The summed E-state index contributed by atoms with van der Waals surface area (Å²) in [6, 6.07) is 1.01. The van der Waals surface area contributed by atoms with Crippen LogP contribution >= 0.6 is 0 Å². The summed E-state index contributed by atoms with van der Waals surface area (Å²) in [4.78, 5) is 57.5. The molecule has 0 bridgehead atoms. The minimum atomic E-state index is -0.650. The molecular formula is C47H76N4O8. The standard InChI is InChI=1S/C24H40N2O4.C23H36N2O4/c1-18-10-12-20(13-11-18)26-16-19(25-17-26)15-24(5,22(28)29-6)14-8-7-9-21(27)30-23(2,3)4;1-17-10-12-20(13-11-17)25-15-19(24-16-25)14-18(22(27)28-5)8-6-7-9-21(26)29-23(2,3)4/h16-18,20H,7-15H2,1-6H3;14-17,20H,6-13H2,1-5H3/b;18-14+/t18?,20?,24-;/m0./s1. The maximum atomic E-state index is 12.5. The number of esters is 4. The van der Waals surface area contributed by atoms with E-state index >= 15 is 0 Å². The minimum absolute atomic E-state index is 0.192. The second kappa shape index (κ2) is 23.1. The quantitative estimate of drug-likeness (QED) is 0.0655. The van der Waals surface area contributed by atoms with Gasteiger partial charge in [-0.05, 0) is 150 Å². The van der Waals surface area contributed by atoms with Crippen LogP contribution in [0, 0.1) is 17.3 Å². The van der Waals surface area contributed by atoms with Gasteiger partial charge in [0.15, 0.2) is 0 Å². The van der Waals surface area contributed by atoms with Gasteiger partial charge in [0, 0.05) is 49.3 Å². The van der Waals surface area contributed by atoms with Gasteiger partial charge in [-0.15, -0.1) is 0 Å². The van der Waals surface area contributed by atoms with Crippen LogP contribution < -0.4 is 0 Å². The molecular weight excluding hydrogens is 749 g/mol. The summed E-state index contributed by atoms with van der Waals surface area (Å²) in [6.07, 6.45) is 24.7. The normalized spacial score (nSPS) is 21.0. The third kappa shape index (κ3) is 18.1. The first-order valence-electron chi connectivity index (χ1n) is 22.1. The van der Waals surface area contributed by atoms with Gasteiger partial charge in [0.2, 0.25) is 0 Å². The van der Waals surface area contributed by atoms with Gasteiger partial charge in [-0.25, -0.2) is 14.8 Å². The minimum Gasteiger partial charge on any atom is -0.469 e. The van der Waals surface area contributed by atoms with Crippen molar-refractivity contribution in [2.45, 2.75) is 195 Å². The van der Waals surface area contributed by atoms with Gasteiger partial charge in [-0.2, -0.15) is 0 Å². The Hall–Kier alpha value is -3.96. The van der Waals surface area contributed by atoms with Crippen LogP contribution in [0.3, 0.4) is 0 Å². The van der Waals surface area contributed by atoms with E-state index in [0.717, 1.165) is 29.6 Å². The Morgan fingerprint density at radius 2 is 1.14 bits per heavy atom. The Bertz CT molecular complexity index is 1650. The highest BCUT2D eigenvalue weighted by molar-refractivity contribution is 5.93. The van der Waals surface area contributed by atoms with Crippen LogP contribution in [0.5, 0.6) is 0 Å². The average molecular weight is 825 g/mol. The van der Waals surface area contributed by atoms with Gasteiger partial charge in [-0.1, -0.05) is 20.3 Å². The predicted molar refractivity (Wildman–Crippen MR) is 230 cm³/mol. The molecule has 2 aromatic rings. The molecule has 12 nitrogen and oxygen atoms in total. The fourth-order valence-corrected chi connectivity index (χ4v) is 7.98. The van der Waals surface area contributed by atoms with Crippen molar-refractivity contribution in [3.63, 3.8) is 0 Å². The number of hydrogen-bond donors (Lipinski definition) is 0. The van der Waals surface area contributed by atoms with Crippen molar-refractivity contribution in [2.75, 3.05) is 14.2 Å². The van der Waals surface area contributed by atoms with Crippen molar-refractivity contribution in [2.24, 2.45) is 17.3 Å². The second-order valence-corrected chi connectivity index (χ2v) is 19.4. The molecule has 0 radical (unpaired) electrons. The second-order valence-electron chi connectivity index (χ2n) is 19.4. The van der Waals surface area contributed by atoms with Crippen molar-refractivity contribution in [1.82, 2.24) is 19.1 Å². The molecule has 332 valence electrons. The van der Waals surface area contributed by atoms with Crippen LogP contribution in [0.2, 0.25) is 0 Å². The Kier molecular flexibility index (Phi) is 19.4. The summed E-state index contributed by atoms with van der Waals surface area (Å²) in [5.74, 6) is 0.654. The highest BCUT2D eigenvalue weighted by Crippen LogP contribution is 2.35. The number of carbonyl (C=O) groups excluding carboxylic acids is 4. The van der Waals surface area contributed by atoms with E-state index in [0.29, 0.717) is 69.0 Å². The van der Waals surface area contributed by atoms with Crippen LogP contribution in [0.15, 0.2) is 30.6 Å². The molecule has 1 atom stereocenters. The lowest BCUT2D eigenvalue weighted by Gasteiger charge is -2.27. The van der Waals surface area contributed by atoms with E-state index in [2.05, 4.69) is 39.1 Å². The molecule has 0 amide bonds. The van der Waals surface area contributed by atoms with Crippen molar-refractivity contribution >= 4 is 30.0 Å². The summed E-state index contributed by atoms with van der Waals surface area (Å²) in [5, 5.41) is 0. The van der Waals surface area contributed by atoms with Crippen LogP contribution in [0.25, 0.3) is 6.08 Å². The molecule has 2 aliphatic carbocycles. The van der Waals surface area contributed by atoms with Crippen LogP contribution in [0.1, 0.15) is 189 Å². The molecule has 0 unspecified atom stereocenters. The van der Waals surface area contributed by atoms with Gasteiger partial charge >= 0.3 is 23.9 Å². The maximum absolute atomic E-state index is 12.5. The first kappa shape index (κ1) is 49.4. The number of rotatable bonds is 17. The summed E-state index contributed by atoms with van der Waals surface area (Å²) in [6.45, 7) is 17.7. The van der Waals surface area contributed by atoms with E-state index < -0.39 is 16.6 Å². The number of aromatic nitrogens is 4. The summed E-state index contributed by atoms with van der Waals surface area (Å²) < 4.78 is 25.1. The summed E-state index contributed by atoms with van der Waals surface area (Å²) in [7, 11) is 2.82. The van der Waals surface area contributed by atoms with E-state index in [9.17, 15) is 19.2 Å². The molecule has 2 aliphatic rings. The van der Waals surface area contributed by atoms with Crippen molar-refractivity contribution in [3.05, 3.63) is 42.0 Å². The molecule has 59 heavy (non-hydrogen) atoms. The molecule has 0 aliphatic heterocycles.